The van der Waals surface area contributed by atoms with Gasteiger partial charge in [0.25, 0.3) is 0 Å². The van der Waals surface area contributed by atoms with Crippen LogP contribution in [0.5, 0.6) is 0 Å². The first-order valence-electron chi connectivity index (χ1n) is 6.87. The second kappa shape index (κ2) is 6.34. The number of benzene rings is 1. The summed E-state index contributed by atoms with van der Waals surface area (Å²) in [5, 5.41) is 13.1. The number of hydrogen-bond acceptors (Lipinski definition) is 5. The van der Waals surface area contributed by atoms with Gasteiger partial charge in [0.2, 0.25) is 5.91 Å². The van der Waals surface area contributed by atoms with E-state index >= 15 is 0 Å². The van der Waals surface area contributed by atoms with Gasteiger partial charge in [-0.3, -0.25) is 4.79 Å². The molecule has 5 nitrogen and oxygen atoms in total. The fourth-order valence-electron chi connectivity index (χ4n) is 2.39. The lowest BCUT2D eigenvalue weighted by molar-refractivity contribution is -0.117. The predicted molar refractivity (Wildman–Crippen MR) is 87.2 cm³/mol. The number of amides is 1. The molecule has 0 saturated carbocycles. The molecule has 22 heavy (non-hydrogen) atoms. The van der Waals surface area contributed by atoms with E-state index < -0.39 is 0 Å². The molecule has 0 atom stereocenters. The number of rotatable bonds is 4. The van der Waals surface area contributed by atoms with Crippen molar-refractivity contribution in [3.63, 3.8) is 0 Å². The maximum Gasteiger partial charge on any atom is 0.227 e. The second-order valence-corrected chi connectivity index (χ2v) is 6.09. The fourth-order valence-corrected chi connectivity index (χ4v) is 3.31. The molecule has 1 saturated heterocycles. The Hall–Kier alpha value is -2.10. The fraction of sp³-hybridized carbons (Fsp3) is 0.267. The first-order valence-corrected chi connectivity index (χ1v) is 8.02. The number of anilines is 2. The van der Waals surface area contributed by atoms with Gasteiger partial charge in [-0.05, 0) is 35.6 Å². The Bertz CT molecular complexity index is 735. The van der Waals surface area contributed by atoms with Gasteiger partial charge in [0.1, 0.15) is 16.6 Å². The quantitative estimate of drug-likeness (QED) is 0.931. The zero-order valence-corrected chi connectivity index (χ0v) is 13.2. The maximum absolute atomic E-state index is 11.7. The summed E-state index contributed by atoms with van der Waals surface area (Å²) in [6, 6.07) is 9.89. The molecule has 7 heteroatoms. The van der Waals surface area contributed by atoms with Crippen molar-refractivity contribution < 1.29 is 4.79 Å². The molecule has 1 aliphatic rings. The van der Waals surface area contributed by atoms with Gasteiger partial charge >= 0.3 is 0 Å². The van der Waals surface area contributed by atoms with E-state index in [1.54, 1.807) is 0 Å². The third-order valence-electron chi connectivity index (χ3n) is 3.54. The topological polar surface area (TPSA) is 69.0 Å². The van der Waals surface area contributed by atoms with E-state index in [0.717, 1.165) is 24.2 Å². The standard InChI is InChI=1S/C15H13ClN4OS/c16-14-12(8-17)15(22-19-14)18-9-10-3-5-11(6-4-10)20-7-1-2-13(20)21/h3-6,18H,1-2,7,9H2. The highest BCUT2D eigenvalue weighted by Crippen LogP contribution is 2.28. The largest absolute Gasteiger partial charge is 0.370 e. The first-order chi connectivity index (χ1) is 10.7. The zero-order chi connectivity index (χ0) is 15.5. The number of halogens is 1. The van der Waals surface area contributed by atoms with Crippen LogP contribution in [0.3, 0.4) is 0 Å². The summed E-state index contributed by atoms with van der Waals surface area (Å²) in [6.45, 7) is 1.36. The number of carbonyl (C=O) groups is 1. The van der Waals surface area contributed by atoms with Crippen LogP contribution in [-0.4, -0.2) is 16.8 Å². The summed E-state index contributed by atoms with van der Waals surface area (Å²) in [4.78, 5) is 13.5. The molecule has 1 amide bonds. The molecular weight excluding hydrogens is 320 g/mol. The summed E-state index contributed by atoms with van der Waals surface area (Å²) >= 11 is 7.01. The normalized spacial score (nSPS) is 14.2. The molecular formula is C15H13ClN4OS. The average molecular weight is 333 g/mol. The smallest absolute Gasteiger partial charge is 0.227 e. The second-order valence-electron chi connectivity index (χ2n) is 4.96. The molecule has 1 fully saturated rings. The van der Waals surface area contributed by atoms with Crippen LogP contribution in [0.25, 0.3) is 0 Å². The van der Waals surface area contributed by atoms with Gasteiger partial charge in [-0.2, -0.15) is 9.64 Å². The Morgan fingerprint density at radius 3 is 2.82 bits per heavy atom. The number of nitriles is 1. The molecule has 0 spiro atoms. The van der Waals surface area contributed by atoms with Gasteiger partial charge in [0.05, 0.1) is 0 Å². The number of aromatic nitrogens is 1. The molecule has 0 unspecified atom stereocenters. The molecule has 2 heterocycles. The number of hydrogen-bond donors (Lipinski definition) is 1. The van der Waals surface area contributed by atoms with Crippen molar-refractivity contribution in [3.8, 4) is 6.07 Å². The van der Waals surface area contributed by atoms with E-state index in [1.807, 2.05) is 35.2 Å². The van der Waals surface area contributed by atoms with Gasteiger partial charge in [-0.15, -0.1) is 0 Å². The molecule has 0 radical (unpaired) electrons. The van der Waals surface area contributed by atoms with E-state index in [2.05, 4.69) is 9.69 Å². The van der Waals surface area contributed by atoms with E-state index in [4.69, 9.17) is 16.9 Å². The molecule has 112 valence electrons. The van der Waals surface area contributed by atoms with Crippen LogP contribution in [0.4, 0.5) is 10.7 Å². The third kappa shape index (κ3) is 2.91. The van der Waals surface area contributed by atoms with Crippen molar-refractivity contribution >= 4 is 39.7 Å². The highest BCUT2D eigenvalue weighted by molar-refractivity contribution is 7.10. The van der Waals surface area contributed by atoms with Crippen LogP contribution in [0, 0.1) is 11.3 Å². The molecule has 0 bridgehead atoms. The van der Waals surface area contributed by atoms with Crippen LogP contribution in [0.15, 0.2) is 24.3 Å². The monoisotopic (exact) mass is 332 g/mol. The Balaban J connectivity index is 1.66. The molecule has 0 aliphatic carbocycles. The lowest BCUT2D eigenvalue weighted by Crippen LogP contribution is -2.23. The van der Waals surface area contributed by atoms with Crippen molar-refractivity contribution in [1.29, 1.82) is 5.26 Å². The van der Waals surface area contributed by atoms with E-state index in [9.17, 15) is 4.79 Å². The van der Waals surface area contributed by atoms with Crippen molar-refractivity contribution in [2.45, 2.75) is 19.4 Å². The summed E-state index contributed by atoms with van der Waals surface area (Å²) in [5.41, 5.74) is 2.37. The van der Waals surface area contributed by atoms with Gasteiger partial charge in [0.15, 0.2) is 5.15 Å². The minimum atomic E-state index is 0.184. The summed E-state index contributed by atoms with van der Waals surface area (Å²) in [5.74, 6) is 0.184. The highest BCUT2D eigenvalue weighted by Gasteiger charge is 2.21. The highest BCUT2D eigenvalue weighted by atomic mass is 35.5. The molecule has 1 aromatic carbocycles. The summed E-state index contributed by atoms with van der Waals surface area (Å²) in [7, 11) is 0. The van der Waals surface area contributed by atoms with Crippen molar-refractivity contribution in [2.24, 2.45) is 0 Å². The minimum Gasteiger partial charge on any atom is -0.370 e. The molecule has 2 aromatic rings. The van der Waals surface area contributed by atoms with Crippen molar-refractivity contribution in [3.05, 3.63) is 40.5 Å². The maximum atomic E-state index is 11.7. The lowest BCUT2D eigenvalue weighted by atomic mass is 10.2. The number of nitrogens with zero attached hydrogens (tertiary/aromatic N) is 3. The minimum absolute atomic E-state index is 0.184. The number of nitrogens with one attached hydrogen (secondary N) is 1. The van der Waals surface area contributed by atoms with Gasteiger partial charge < -0.3 is 10.2 Å². The van der Waals surface area contributed by atoms with Crippen LogP contribution in [0.1, 0.15) is 24.0 Å². The lowest BCUT2D eigenvalue weighted by Gasteiger charge is -2.16. The average Bonchev–Trinajstić information content (AvgIpc) is 3.11. The number of carbonyl (C=O) groups excluding carboxylic acids is 1. The van der Waals surface area contributed by atoms with Gasteiger partial charge in [-0.1, -0.05) is 23.7 Å². The first kappa shape index (κ1) is 14.8. The molecule has 1 aromatic heterocycles. The van der Waals surface area contributed by atoms with E-state index in [0.29, 0.717) is 23.5 Å². The Morgan fingerprint density at radius 2 is 2.18 bits per heavy atom. The summed E-state index contributed by atoms with van der Waals surface area (Å²) < 4.78 is 3.95. The van der Waals surface area contributed by atoms with Crippen LogP contribution in [0.2, 0.25) is 5.15 Å². The summed E-state index contributed by atoms with van der Waals surface area (Å²) in [6.07, 6.45) is 1.55. The third-order valence-corrected chi connectivity index (χ3v) is 4.72. The Morgan fingerprint density at radius 1 is 1.41 bits per heavy atom. The SMILES string of the molecule is N#Cc1c(Cl)nsc1NCc1ccc(N2CCCC2=O)cc1. The van der Waals surface area contributed by atoms with Crippen LogP contribution in [-0.2, 0) is 11.3 Å². The molecule has 1 N–H and O–H groups in total. The van der Waals surface area contributed by atoms with Crippen molar-refractivity contribution in [2.75, 3.05) is 16.8 Å². The van der Waals surface area contributed by atoms with Gasteiger partial charge in [-0.25, -0.2) is 0 Å². The van der Waals surface area contributed by atoms with Crippen LogP contribution < -0.4 is 10.2 Å². The zero-order valence-electron chi connectivity index (χ0n) is 11.7. The predicted octanol–water partition coefficient (Wildman–Crippen LogP) is 3.41. The van der Waals surface area contributed by atoms with Gasteiger partial charge in [0, 0.05) is 25.2 Å². The molecule has 3 rings (SSSR count). The van der Waals surface area contributed by atoms with E-state index in [-0.39, 0.29) is 11.1 Å². The Labute approximate surface area is 137 Å². The molecule has 1 aliphatic heterocycles. The van der Waals surface area contributed by atoms with Crippen molar-refractivity contribution in [1.82, 2.24) is 4.37 Å². The Kier molecular flexibility index (Phi) is 4.27. The van der Waals surface area contributed by atoms with E-state index in [1.165, 1.54) is 11.5 Å². The van der Waals surface area contributed by atoms with Crippen LogP contribution >= 0.6 is 23.1 Å².